The van der Waals surface area contributed by atoms with Crippen molar-refractivity contribution < 1.29 is 9.53 Å². The molecule has 1 aromatic carbocycles. The quantitative estimate of drug-likeness (QED) is 0.908. The van der Waals surface area contributed by atoms with Crippen molar-refractivity contribution in [1.82, 2.24) is 4.98 Å². The molecule has 0 spiro atoms. The number of hydrogen-bond donors (Lipinski definition) is 2. The summed E-state index contributed by atoms with van der Waals surface area (Å²) in [5.41, 5.74) is 5.52. The Kier molecular flexibility index (Phi) is 4.32. The molecule has 0 unspecified atom stereocenters. The van der Waals surface area contributed by atoms with E-state index in [9.17, 15) is 4.79 Å². The van der Waals surface area contributed by atoms with Gasteiger partial charge in [-0.05, 0) is 18.2 Å². The van der Waals surface area contributed by atoms with E-state index in [0.29, 0.717) is 10.8 Å². The Morgan fingerprint density at radius 3 is 2.65 bits per heavy atom. The molecule has 104 valence electrons. The number of nitrogens with zero attached hydrogens (tertiary/aromatic N) is 1. The van der Waals surface area contributed by atoms with Gasteiger partial charge in [0.15, 0.2) is 0 Å². The maximum atomic E-state index is 11.3. The molecule has 20 heavy (non-hydrogen) atoms. The topological polar surface area (TPSA) is 77.2 Å². The zero-order valence-electron chi connectivity index (χ0n) is 10.5. The molecule has 0 bridgehead atoms. The molecule has 0 aliphatic carbocycles. The first kappa shape index (κ1) is 14.4. The molecule has 3 N–H and O–H groups in total. The summed E-state index contributed by atoms with van der Waals surface area (Å²) in [6.45, 7) is 0. The Labute approximate surface area is 125 Å². The maximum Gasteiger partial charge on any atom is 0.252 e. The summed E-state index contributed by atoms with van der Waals surface area (Å²) in [5, 5.41) is 3.41. The van der Waals surface area contributed by atoms with E-state index in [1.54, 1.807) is 31.3 Å². The van der Waals surface area contributed by atoms with Crippen LogP contribution in [0.2, 0.25) is 10.0 Å². The van der Waals surface area contributed by atoms with Gasteiger partial charge < -0.3 is 15.8 Å². The van der Waals surface area contributed by atoms with Crippen molar-refractivity contribution in [2.45, 2.75) is 0 Å². The van der Waals surface area contributed by atoms with E-state index < -0.39 is 5.91 Å². The molecule has 0 atom stereocenters. The summed E-state index contributed by atoms with van der Waals surface area (Å²) in [4.78, 5) is 15.5. The number of hydrogen-bond acceptors (Lipinski definition) is 4. The molecule has 0 fully saturated rings. The lowest BCUT2D eigenvalue weighted by Gasteiger charge is -2.11. The highest BCUT2D eigenvalue weighted by Crippen LogP contribution is 2.34. The molecule has 0 aliphatic heterocycles. The number of amides is 1. The number of para-hydroxylation sites is 1. The molecule has 5 nitrogen and oxygen atoms in total. The standard InChI is InChI=1S/C13H11Cl2N3O2/c1-17-12-8(14)6-9(15)13(18-12)20-10-5-3-2-4-7(10)11(16)19/h2-6H,1H3,(H2,16,19)(H,17,18). The summed E-state index contributed by atoms with van der Waals surface area (Å²) in [6.07, 6.45) is 0. The van der Waals surface area contributed by atoms with Gasteiger partial charge >= 0.3 is 0 Å². The molecule has 7 heteroatoms. The molecule has 0 saturated heterocycles. The Morgan fingerprint density at radius 1 is 1.30 bits per heavy atom. The number of aromatic nitrogens is 1. The molecule has 2 aromatic rings. The predicted octanol–water partition coefficient (Wildman–Crippen LogP) is 3.32. The minimum absolute atomic E-state index is 0.133. The largest absolute Gasteiger partial charge is 0.437 e. The number of primary amides is 1. The molecule has 1 aromatic heterocycles. The van der Waals surface area contributed by atoms with E-state index in [-0.39, 0.29) is 22.2 Å². The Morgan fingerprint density at radius 2 is 2.00 bits per heavy atom. The van der Waals surface area contributed by atoms with Crippen molar-refractivity contribution in [3.8, 4) is 11.6 Å². The second-order valence-electron chi connectivity index (χ2n) is 3.82. The van der Waals surface area contributed by atoms with Crippen LogP contribution in [-0.4, -0.2) is 17.9 Å². The molecule has 0 aliphatic rings. The van der Waals surface area contributed by atoms with Crippen LogP contribution in [0, 0.1) is 0 Å². The van der Waals surface area contributed by atoms with Crippen LogP contribution >= 0.6 is 23.2 Å². The maximum absolute atomic E-state index is 11.3. The van der Waals surface area contributed by atoms with Crippen molar-refractivity contribution in [3.63, 3.8) is 0 Å². The molecular weight excluding hydrogens is 301 g/mol. The summed E-state index contributed by atoms with van der Waals surface area (Å²) in [7, 11) is 1.67. The van der Waals surface area contributed by atoms with Crippen LogP contribution in [0.1, 0.15) is 10.4 Å². The fourth-order valence-corrected chi connectivity index (χ4v) is 2.05. The van der Waals surface area contributed by atoms with Crippen LogP contribution in [0.25, 0.3) is 0 Å². The van der Waals surface area contributed by atoms with E-state index in [1.165, 1.54) is 6.07 Å². The number of carbonyl (C=O) groups is 1. The van der Waals surface area contributed by atoms with Gasteiger partial charge in [0.1, 0.15) is 16.6 Å². The highest BCUT2D eigenvalue weighted by Gasteiger charge is 2.14. The Hall–Kier alpha value is -1.98. The minimum atomic E-state index is -0.598. The van der Waals surface area contributed by atoms with E-state index in [2.05, 4.69) is 10.3 Å². The average molecular weight is 312 g/mol. The second-order valence-corrected chi connectivity index (χ2v) is 4.63. The minimum Gasteiger partial charge on any atom is -0.437 e. The monoisotopic (exact) mass is 311 g/mol. The van der Waals surface area contributed by atoms with Crippen LogP contribution in [0.5, 0.6) is 11.6 Å². The number of rotatable bonds is 4. The summed E-state index contributed by atoms with van der Waals surface area (Å²) in [5.74, 6) is 0.232. The van der Waals surface area contributed by atoms with E-state index in [4.69, 9.17) is 33.7 Å². The third kappa shape index (κ3) is 2.95. The van der Waals surface area contributed by atoms with Crippen LogP contribution in [0.3, 0.4) is 0 Å². The zero-order chi connectivity index (χ0) is 14.7. The van der Waals surface area contributed by atoms with E-state index in [1.807, 2.05) is 0 Å². The smallest absolute Gasteiger partial charge is 0.252 e. The van der Waals surface area contributed by atoms with Gasteiger partial charge in [-0.25, -0.2) is 0 Å². The lowest BCUT2D eigenvalue weighted by Crippen LogP contribution is -2.12. The molecule has 1 heterocycles. The number of nitrogens with one attached hydrogen (secondary N) is 1. The van der Waals surface area contributed by atoms with Crippen molar-refractivity contribution >= 4 is 34.9 Å². The number of anilines is 1. The van der Waals surface area contributed by atoms with Crippen LogP contribution in [0.4, 0.5) is 5.82 Å². The van der Waals surface area contributed by atoms with Crippen LogP contribution in [-0.2, 0) is 0 Å². The normalized spacial score (nSPS) is 10.2. The highest BCUT2D eigenvalue weighted by atomic mass is 35.5. The van der Waals surface area contributed by atoms with Gasteiger partial charge in [-0.3, -0.25) is 4.79 Å². The average Bonchev–Trinajstić information content (AvgIpc) is 2.42. The van der Waals surface area contributed by atoms with Gasteiger partial charge in [0, 0.05) is 7.05 Å². The fourth-order valence-electron chi connectivity index (χ4n) is 1.56. The molecular formula is C13H11Cl2N3O2. The van der Waals surface area contributed by atoms with Crippen molar-refractivity contribution in [2.75, 3.05) is 12.4 Å². The first-order valence-corrected chi connectivity index (χ1v) is 6.39. The molecule has 1 amide bonds. The van der Waals surface area contributed by atoms with Gasteiger partial charge in [0.2, 0.25) is 5.88 Å². The third-order valence-electron chi connectivity index (χ3n) is 2.49. The molecule has 0 radical (unpaired) electrons. The van der Waals surface area contributed by atoms with Gasteiger partial charge in [-0.15, -0.1) is 0 Å². The number of ether oxygens (including phenoxy) is 1. The van der Waals surface area contributed by atoms with Gasteiger partial charge in [-0.1, -0.05) is 35.3 Å². The van der Waals surface area contributed by atoms with Crippen molar-refractivity contribution in [3.05, 3.63) is 45.9 Å². The summed E-state index contributed by atoms with van der Waals surface area (Å²) >= 11 is 12.0. The zero-order valence-corrected chi connectivity index (χ0v) is 12.0. The van der Waals surface area contributed by atoms with Crippen molar-refractivity contribution in [1.29, 1.82) is 0 Å². The number of carbonyl (C=O) groups excluding carboxylic acids is 1. The fraction of sp³-hybridized carbons (Fsp3) is 0.0769. The summed E-state index contributed by atoms with van der Waals surface area (Å²) in [6, 6.07) is 8.06. The first-order chi connectivity index (χ1) is 9.52. The summed E-state index contributed by atoms with van der Waals surface area (Å²) < 4.78 is 5.56. The lowest BCUT2D eigenvalue weighted by atomic mass is 10.2. The first-order valence-electron chi connectivity index (χ1n) is 5.63. The number of nitrogens with two attached hydrogens (primary N) is 1. The predicted molar refractivity (Wildman–Crippen MR) is 78.8 cm³/mol. The highest BCUT2D eigenvalue weighted by molar-refractivity contribution is 6.36. The van der Waals surface area contributed by atoms with Crippen molar-refractivity contribution in [2.24, 2.45) is 5.73 Å². The van der Waals surface area contributed by atoms with Crippen LogP contribution in [0.15, 0.2) is 30.3 Å². The Balaban J connectivity index is 2.42. The van der Waals surface area contributed by atoms with Gasteiger partial charge in [0.05, 0.1) is 10.6 Å². The number of halogens is 2. The van der Waals surface area contributed by atoms with Gasteiger partial charge in [0.25, 0.3) is 5.91 Å². The lowest BCUT2D eigenvalue weighted by molar-refractivity contribution is 0.0998. The second kappa shape index (κ2) is 5.98. The Bertz CT molecular complexity index is 662. The number of pyridine rings is 1. The van der Waals surface area contributed by atoms with Gasteiger partial charge in [-0.2, -0.15) is 4.98 Å². The third-order valence-corrected chi connectivity index (χ3v) is 3.05. The molecule has 2 rings (SSSR count). The number of benzene rings is 1. The van der Waals surface area contributed by atoms with E-state index in [0.717, 1.165) is 0 Å². The molecule has 0 saturated carbocycles. The van der Waals surface area contributed by atoms with Crippen LogP contribution < -0.4 is 15.8 Å². The van der Waals surface area contributed by atoms with E-state index >= 15 is 0 Å². The SMILES string of the molecule is CNc1nc(Oc2ccccc2C(N)=O)c(Cl)cc1Cl.